The maximum absolute atomic E-state index is 12.0. The smallest absolute Gasteiger partial charge is 0.263 e. The van der Waals surface area contributed by atoms with Gasteiger partial charge in [0.2, 0.25) is 11.7 Å². The van der Waals surface area contributed by atoms with E-state index in [1.165, 1.54) is 17.5 Å². The first-order valence-electron chi connectivity index (χ1n) is 6.98. The van der Waals surface area contributed by atoms with Crippen molar-refractivity contribution >= 4 is 22.4 Å². The van der Waals surface area contributed by atoms with E-state index in [-0.39, 0.29) is 12.5 Å². The average molecular weight is 330 g/mol. The topological polar surface area (TPSA) is 106 Å². The number of hydrogen-bond acceptors (Lipinski definition) is 8. The Labute approximate surface area is 136 Å². The number of carbonyl (C=O) groups is 1. The van der Waals surface area contributed by atoms with E-state index >= 15 is 0 Å². The van der Waals surface area contributed by atoms with E-state index in [1.54, 1.807) is 18.3 Å². The second-order valence-electron chi connectivity index (χ2n) is 4.47. The van der Waals surface area contributed by atoms with Gasteiger partial charge in [-0.1, -0.05) is 22.6 Å². The number of nitrogens with zero attached hydrogens (tertiary/aromatic N) is 4. The van der Waals surface area contributed by atoms with Crippen LogP contribution in [0.15, 0.2) is 35.1 Å². The minimum Gasteiger partial charge on any atom is -0.362 e. The van der Waals surface area contributed by atoms with Crippen LogP contribution in [0.4, 0.5) is 5.13 Å². The maximum Gasteiger partial charge on any atom is 0.263 e. The monoisotopic (exact) mass is 330 g/mol. The highest BCUT2D eigenvalue weighted by Crippen LogP contribution is 2.17. The zero-order chi connectivity index (χ0) is 16.1. The normalized spacial score (nSPS) is 10.5. The highest BCUT2D eigenvalue weighted by atomic mass is 32.1. The third-order valence-corrected chi connectivity index (χ3v) is 3.77. The van der Waals surface area contributed by atoms with Crippen LogP contribution < -0.4 is 10.6 Å². The summed E-state index contributed by atoms with van der Waals surface area (Å²) in [6, 6.07) is 5.43. The largest absolute Gasteiger partial charge is 0.362 e. The number of pyridine rings is 1. The van der Waals surface area contributed by atoms with E-state index in [4.69, 9.17) is 4.52 Å². The Balaban J connectivity index is 1.60. The van der Waals surface area contributed by atoms with Crippen molar-refractivity contribution in [2.75, 3.05) is 11.9 Å². The Morgan fingerprint density at radius 3 is 3.04 bits per heavy atom. The van der Waals surface area contributed by atoms with Gasteiger partial charge in [-0.3, -0.25) is 9.78 Å². The zero-order valence-electron chi connectivity index (χ0n) is 12.3. The van der Waals surface area contributed by atoms with Crippen LogP contribution in [0.3, 0.4) is 0 Å². The molecule has 0 fully saturated rings. The lowest BCUT2D eigenvalue weighted by Gasteiger charge is -1.98. The number of thiazole rings is 1. The van der Waals surface area contributed by atoms with E-state index in [0.29, 0.717) is 27.4 Å². The maximum atomic E-state index is 12.0. The Bertz CT molecular complexity index is 785. The molecule has 118 valence electrons. The molecule has 3 rings (SSSR count). The molecule has 2 N–H and O–H groups in total. The fourth-order valence-electron chi connectivity index (χ4n) is 1.78. The van der Waals surface area contributed by atoms with Gasteiger partial charge in [0.15, 0.2) is 5.13 Å². The van der Waals surface area contributed by atoms with Crippen molar-refractivity contribution in [3.63, 3.8) is 0 Å². The minimum atomic E-state index is -0.232. The zero-order valence-corrected chi connectivity index (χ0v) is 13.1. The molecule has 0 aromatic carbocycles. The molecule has 0 atom stereocenters. The van der Waals surface area contributed by atoms with Crippen LogP contribution >= 0.6 is 11.3 Å². The second kappa shape index (κ2) is 6.97. The fourth-order valence-corrected chi connectivity index (χ4v) is 2.58. The predicted molar refractivity (Wildman–Crippen MR) is 85.0 cm³/mol. The molecule has 0 spiro atoms. The summed E-state index contributed by atoms with van der Waals surface area (Å²) in [6.07, 6.45) is 3.18. The van der Waals surface area contributed by atoms with Crippen molar-refractivity contribution in [2.45, 2.75) is 13.5 Å². The molecule has 0 aliphatic rings. The lowest BCUT2D eigenvalue weighted by atomic mass is 10.3. The van der Waals surface area contributed by atoms with Crippen LogP contribution in [-0.2, 0) is 6.54 Å². The molecule has 0 aliphatic heterocycles. The van der Waals surface area contributed by atoms with Crippen molar-refractivity contribution in [3.8, 4) is 11.5 Å². The van der Waals surface area contributed by atoms with Gasteiger partial charge in [-0.2, -0.15) is 4.98 Å². The summed E-state index contributed by atoms with van der Waals surface area (Å²) in [7, 11) is 0. The molecule has 1 amide bonds. The van der Waals surface area contributed by atoms with Crippen molar-refractivity contribution in [2.24, 2.45) is 0 Å². The van der Waals surface area contributed by atoms with E-state index in [2.05, 4.69) is 30.7 Å². The molecule has 3 aromatic rings. The Kier molecular flexibility index (Phi) is 4.57. The van der Waals surface area contributed by atoms with Crippen molar-refractivity contribution in [1.29, 1.82) is 0 Å². The predicted octanol–water partition coefficient (Wildman–Crippen LogP) is 1.95. The summed E-state index contributed by atoms with van der Waals surface area (Å²) in [5.74, 6) is 0.474. The van der Waals surface area contributed by atoms with Crippen LogP contribution in [0.2, 0.25) is 0 Å². The highest BCUT2D eigenvalue weighted by molar-refractivity contribution is 7.17. The van der Waals surface area contributed by atoms with Crippen LogP contribution in [0.5, 0.6) is 0 Å². The summed E-state index contributed by atoms with van der Waals surface area (Å²) in [5, 5.41) is 10.3. The molecule has 3 heterocycles. The van der Waals surface area contributed by atoms with Crippen LogP contribution in [0.25, 0.3) is 11.5 Å². The highest BCUT2D eigenvalue weighted by Gasteiger charge is 2.13. The van der Waals surface area contributed by atoms with Crippen molar-refractivity contribution < 1.29 is 9.32 Å². The van der Waals surface area contributed by atoms with E-state index in [0.717, 1.165) is 6.54 Å². The number of nitrogens with one attached hydrogen (secondary N) is 2. The first-order chi connectivity index (χ1) is 11.3. The van der Waals surface area contributed by atoms with Gasteiger partial charge >= 0.3 is 0 Å². The summed E-state index contributed by atoms with van der Waals surface area (Å²) in [5.41, 5.74) is 0.617. The Morgan fingerprint density at radius 2 is 2.26 bits per heavy atom. The molecular formula is C14H14N6O2S. The summed E-state index contributed by atoms with van der Waals surface area (Å²) >= 11 is 1.29. The first-order valence-corrected chi connectivity index (χ1v) is 7.80. The van der Waals surface area contributed by atoms with E-state index in [9.17, 15) is 4.79 Å². The number of aromatic nitrogens is 4. The molecule has 0 radical (unpaired) electrons. The lowest BCUT2D eigenvalue weighted by molar-refractivity contribution is 0.0950. The second-order valence-corrected chi connectivity index (χ2v) is 5.50. The molecule has 0 saturated heterocycles. The molecule has 0 aliphatic carbocycles. The van der Waals surface area contributed by atoms with Gasteiger partial charge in [0.05, 0.1) is 12.7 Å². The molecule has 23 heavy (non-hydrogen) atoms. The van der Waals surface area contributed by atoms with Crippen LogP contribution in [0, 0.1) is 0 Å². The Morgan fingerprint density at radius 1 is 1.35 bits per heavy atom. The Hall–Kier alpha value is -2.81. The fraction of sp³-hybridized carbons (Fsp3) is 0.214. The molecule has 9 heteroatoms. The average Bonchev–Trinajstić information content (AvgIpc) is 3.23. The van der Waals surface area contributed by atoms with Crippen LogP contribution in [0.1, 0.15) is 22.5 Å². The minimum absolute atomic E-state index is 0.146. The van der Waals surface area contributed by atoms with Crippen molar-refractivity contribution in [3.05, 3.63) is 41.4 Å². The molecule has 0 bridgehead atoms. The molecule has 3 aromatic heterocycles. The van der Waals surface area contributed by atoms with E-state index < -0.39 is 0 Å². The molecular weight excluding hydrogens is 316 g/mol. The van der Waals surface area contributed by atoms with Crippen molar-refractivity contribution in [1.82, 2.24) is 25.4 Å². The summed E-state index contributed by atoms with van der Waals surface area (Å²) in [4.78, 5) is 25.0. The van der Waals surface area contributed by atoms with Gasteiger partial charge in [0, 0.05) is 12.7 Å². The first kappa shape index (κ1) is 15.1. The standard InChI is InChI=1S/C14H14N6O2S/c1-2-15-14-18-7-10(23-14)13(21)17-8-11-19-12(20-22-11)9-5-3-4-6-16-9/h3-7H,2,8H2,1H3,(H,15,18)(H,17,21). The van der Waals surface area contributed by atoms with Gasteiger partial charge in [-0.05, 0) is 19.1 Å². The number of rotatable bonds is 6. The third-order valence-electron chi connectivity index (χ3n) is 2.82. The van der Waals surface area contributed by atoms with Gasteiger partial charge in [-0.15, -0.1) is 0 Å². The molecule has 0 saturated carbocycles. The lowest BCUT2D eigenvalue weighted by Crippen LogP contribution is -2.21. The van der Waals surface area contributed by atoms with Gasteiger partial charge in [0.25, 0.3) is 5.91 Å². The number of carbonyl (C=O) groups excluding carboxylic acids is 1. The third kappa shape index (κ3) is 3.69. The number of hydrogen-bond donors (Lipinski definition) is 2. The molecule has 0 unspecified atom stereocenters. The van der Waals surface area contributed by atoms with Crippen LogP contribution in [-0.4, -0.2) is 32.6 Å². The SMILES string of the molecule is CCNc1ncc(C(=O)NCc2nc(-c3ccccn3)no2)s1. The number of anilines is 1. The van der Waals surface area contributed by atoms with Gasteiger partial charge in [0.1, 0.15) is 10.6 Å². The van der Waals surface area contributed by atoms with Gasteiger partial charge < -0.3 is 15.2 Å². The quantitative estimate of drug-likeness (QED) is 0.711. The molecule has 8 nitrogen and oxygen atoms in total. The summed E-state index contributed by atoms with van der Waals surface area (Å²) < 4.78 is 5.11. The van der Waals surface area contributed by atoms with E-state index in [1.807, 2.05) is 13.0 Å². The number of amides is 1. The summed E-state index contributed by atoms with van der Waals surface area (Å²) in [6.45, 7) is 2.87. The van der Waals surface area contributed by atoms with Gasteiger partial charge in [-0.25, -0.2) is 4.98 Å².